The topological polar surface area (TPSA) is 376 Å². The fraction of sp³-hybridized carbons (Fsp3) is 1.00. The summed E-state index contributed by atoms with van der Waals surface area (Å²) in [5.41, 5.74) is -0.0790. The van der Waals surface area contributed by atoms with Gasteiger partial charge in [-0.3, -0.25) is 0 Å². The van der Waals surface area contributed by atoms with Crippen molar-refractivity contribution in [3.8, 4) is 0 Å². The Morgan fingerprint density at radius 2 is 1.04 bits per heavy atom. The SMILES string of the molecule is CC1CCC2(OC1)OC1CC3C4CCC5C[C@@H](O[C@@H]6O[C@H](CO)[C@H](O[C@@H]7O[C@H](CO)[C@@H](O)[C@H](O[C@@H]8O[C@H](CO)[C@@H](O)[C@H](O)[C@H]8O)[C@H]7O[C@@H]7O[C@H](CO)[C@@H](O)[C@H](O)[C@H]7O)[C@H](O)[C@H]6O)C(O)C[C@]5(C)C4CC[C@]3(C)C1C2C. The third-order valence-electron chi connectivity index (χ3n) is 20.4. The minimum Gasteiger partial charge on any atom is -0.394 e. The molecule has 4 saturated carbocycles. The second-order valence-electron chi connectivity index (χ2n) is 24.5. The van der Waals surface area contributed by atoms with Crippen LogP contribution in [0.25, 0.3) is 0 Å². The molecule has 10 fully saturated rings. The van der Waals surface area contributed by atoms with Crippen molar-refractivity contribution < 1.29 is 119 Å². The first-order valence-corrected chi connectivity index (χ1v) is 27.4. The first-order valence-electron chi connectivity index (χ1n) is 27.4. The van der Waals surface area contributed by atoms with E-state index in [0.29, 0.717) is 48.3 Å². The van der Waals surface area contributed by atoms with Gasteiger partial charge in [0, 0.05) is 12.3 Å². The second-order valence-corrected chi connectivity index (χ2v) is 24.5. The Hall–Kier alpha value is -0.960. The molecule has 75 heavy (non-hydrogen) atoms. The van der Waals surface area contributed by atoms with Crippen molar-refractivity contribution in [3.05, 3.63) is 0 Å². The molecule has 10 aliphatic rings. The molecule has 432 valence electrons. The molecule has 24 nitrogen and oxygen atoms in total. The standard InChI is InChI=1S/C51H84O24/c1-19-7-10-51(66-18-19)20(2)32-27(75-51)12-24-22-6-5-21-11-26(25(56)13-50(21,4)23(22)8-9-49(24,32)3)67-45-41(65)38(62)42(31(17-55)71-45)72-48-44(74-47-40(64)37(61)34(58)29(15-53)69-47)43(35(59)30(16-54)70-48)73-46-39(63)36(60)33(57)28(14-52)68-46/h19-48,52-65H,5-18H2,1-4H3/t19?,20?,21?,22?,23?,24?,25?,26-,27?,28-,29-,30-,31-,32?,33-,34-,35-,36+,37+,38-,39-,40-,41-,42+,43+,44-,45-,46+,47+,48+,49+,50+,51?/m1/s1. The molecular formula is C51H84O24. The summed E-state index contributed by atoms with van der Waals surface area (Å²) in [5, 5.41) is 152. The van der Waals surface area contributed by atoms with Crippen molar-refractivity contribution in [1.29, 1.82) is 0 Å². The molecule has 0 aromatic heterocycles. The highest BCUT2D eigenvalue weighted by Crippen LogP contribution is 2.71. The molecule has 10 unspecified atom stereocenters. The number of ether oxygens (including phenoxy) is 10. The molecule has 0 radical (unpaired) electrons. The average Bonchev–Trinajstić information content (AvgIpc) is 3.84. The Morgan fingerprint density at radius 3 is 1.64 bits per heavy atom. The molecule has 1 spiro atoms. The third-order valence-corrected chi connectivity index (χ3v) is 20.4. The summed E-state index contributed by atoms with van der Waals surface area (Å²) in [6, 6.07) is 0. The molecule has 0 bridgehead atoms. The van der Waals surface area contributed by atoms with Gasteiger partial charge in [-0.2, -0.15) is 0 Å². The van der Waals surface area contributed by atoms with Gasteiger partial charge >= 0.3 is 0 Å². The Balaban J connectivity index is 0.831. The summed E-state index contributed by atoms with van der Waals surface area (Å²) >= 11 is 0. The van der Waals surface area contributed by atoms with E-state index in [2.05, 4.69) is 27.7 Å². The van der Waals surface area contributed by atoms with Gasteiger partial charge in [0.25, 0.3) is 0 Å². The van der Waals surface area contributed by atoms with Gasteiger partial charge in [0.15, 0.2) is 30.9 Å². The number of hydrogen-bond acceptors (Lipinski definition) is 24. The van der Waals surface area contributed by atoms with Gasteiger partial charge in [-0.05, 0) is 97.7 Å². The molecular weight excluding hydrogens is 997 g/mol. The maximum absolute atomic E-state index is 12.0. The van der Waals surface area contributed by atoms with Crippen LogP contribution >= 0.6 is 0 Å². The van der Waals surface area contributed by atoms with Crippen molar-refractivity contribution in [2.24, 2.45) is 52.3 Å². The molecule has 0 amide bonds. The van der Waals surface area contributed by atoms with Gasteiger partial charge < -0.3 is 119 Å². The fourth-order valence-corrected chi connectivity index (χ4v) is 16.2. The van der Waals surface area contributed by atoms with Crippen molar-refractivity contribution in [3.63, 3.8) is 0 Å². The van der Waals surface area contributed by atoms with Crippen molar-refractivity contribution in [1.82, 2.24) is 0 Å². The van der Waals surface area contributed by atoms with Crippen LogP contribution in [0.1, 0.15) is 85.5 Å². The monoisotopic (exact) mass is 1080 g/mol. The van der Waals surface area contributed by atoms with E-state index >= 15 is 0 Å². The predicted octanol–water partition coefficient (Wildman–Crippen LogP) is -3.94. The summed E-state index contributed by atoms with van der Waals surface area (Å²) in [5.74, 6) is 2.26. The van der Waals surface area contributed by atoms with Gasteiger partial charge in [0.1, 0.15) is 97.7 Å². The third kappa shape index (κ3) is 9.79. The molecule has 24 heteroatoms. The zero-order valence-corrected chi connectivity index (χ0v) is 43.1. The Morgan fingerprint density at radius 1 is 0.493 bits per heavy atom. The Kier molecular flexibility index (Phi) is 16.9. The highest BCUT2D eigenvalue weighted by atomic mass is 16.8. The van der Waals surface area contributed by atoms with E-state index in [9.17, 15) is 71.5 Å². The minimum absolute atomic E-state index is 0.121. The number of hydrogen-bond donors (Lipinski definition) is 14. The summed E-state index contributed by atoms with van der Waals surface area (Å²) in [6.07, 6.45) is -30.3. The van der Waals surface area contributed by atoms with E-state index in [1.54, 1.807) is 0 Å². The molecule has 6 aliphatic heterocycles. The van der Waals surface area contributed by atoms with Gasteiger partial charge in [0.05, 0.1) is 51.3 Å². The van der Waals surface area contributed by atoms with E-state index in [0.717, 1.165) is 51.6 Å². The van der Waals surface area contributed by atoms with Crippen LogP contribution in [0.4, 0.5) is 0 Å². The summed E-state index contributed by atoms with van der Waals surface area (Å²) in [6.45, 7) is 6.57. The van der Waals surface area contributed by atoms with Crippen molar-refractivity contribution >= 4 is 0 Å². The molecule has 0 aromatic rings. The number of aliphatic hydroxyl groups is 14. The lowest BCUT2D eigenvalue weighted by atomic mass is 9.44. The van der Waals surface area contributed by atoms with Crippen molar-refractivity contribution in [2.75, 3.05) is 33.0 Å². The lowest BCUT2D eigenvalue weighted by Crippen LogP contribution is -2.69. The number of fused-ring (bicyclic) bond motifs is 7. The fourth-order valence-electron chi connectivity index (χ4n) is 16.2. The molecule has 10 rings (SSSR count). The van der Waals surface area contributed by atoms with Crippen LogP contribution in [-0.2, 0) is 47.4 Å². The molecule has 14 N–H and O–H groups in total. The second kappa shape index (κ2) is 22.1. The largest absolute Gasteiger partial charge is 0.394 e. The molecule has 4 aliphatic carbocycles. The molecule has 6 saturated heterocycles. The molecule has 33 atom stereocenters. The van der Waals surface area contributed by atoms with Crippen LogP contribution in [0, 0.1) is 52.3 Å². The summed E-state index contributed by atoms with van der Waals surface area (Å²) in [7, 11) is 0. The molecule has 0 aromatic carbocycles. The lowest BCUT2D eigenvalue weighted by molar-refractivity contribution is -0.407. The molecule has 6 heterocycles. The lowest BCUT2D eigenvalue weighted by Gasteiger charge is -2.62. The number of rotatable bonds is 12. The first-order chi connectivity index (χ1) is 35.6. The summed E-state index contributed by atoms with van der Waals surface area (Å²) in [4.78, 5) is 0. The van der Waals surface area contributed by atoms with Gasteiger partial charge in [-0.25, -0.2) is 0 Å². The van der Waals surface area contributed by atoms with Crippen LogP contribution in [-0.4, -0.2) is 251 Å². The van der Waals surface area contributed by atoms with E-state index in [-0.39, 0.29) is 22.9 Å². The highest BCUT2D eigenvalue weighted by Gasteiger charge is 2.70. The maximum Gasteiger partial charge on any atom is 0.187 e. The van der Waals surface area contributed by atoms with E-state index in [4.69, 9.17) is 47.4 Å². The minimum atomic E-state index is -2.06. The summed E-state index contributed by atoms with van der Waals surface area (Å²) < 4.78 is 61.2. The van der Waals surface area contributed by atoms with Crippen LogP contribution in [0.2, 0.25) is 0 Å². The van der Waals surface area contributed by atoms with E-state index < -0.39 is 167 Å². The van der Waals surface area contributed by atoms with E-state index in [1.807, 2.05) is 0 Å². The Labute approximate surface area is 435 Å². The highest BCUT2D eigenvalue weighted by molar-refractivity contribution is 5.16. The zero-order valence-electron chi connectivity index (χ0n) is 43.1. The van der Waals surface area contributed by atoms with Gasteiger partial charge in [-0.1, -0.05) is 27.7 Å². The predicted molar refractivity (Wildman–Crippen MR) is 250 cm³/mol. The quantitative estimate of drug-likeness (QED) is 0.0830. The van der Waals surface area contributed by atoms with Crippen molar-refractivity contribution in [2.45, 2.75) is 232 Å². The average molecular weight is 1080 g/mol. The zero-order chi connectivity index (χ0) is 53.8. The maximum atomic E-state index is 12.0. The first kappa shape index (κ1) is 57.3. The number of aliphatic hydroxyl groups excluding tert-OH is 14. The smallest absolute Gasteiger partial charge is 0.187 e. The van der Waals surface area contributed by atoms with Crippen LogP contribution in [0.15, 0.2) is 0 Å². The van der Waals surface area contributed by atoms with Crippen LogP contribution < -0.4 is 0 Å². The normalized spacial score (nSPS) is 58.0. The van der Waals surface area contributed by atoms with Gasteiger partial charge in [0.2, 0.25) is 0 Å². The van der Waals surface area contributed by atoms with Crippen LogP contribution in [0.5, 0.6) is 0 Å². The van der Waals surface area contributed by atoms with E-state index in [1.165, 1.54) is 0 Å². The van der Waals surface area contributed by atoms with Gasteiger partial charge in [-0.15, -0.1) is 0 Å². The Bertz CT molecular complexity index is 1910. The van der Waals surface area contributed by atoms with Crippen LogP contribution in [0.3, 0.4) is 0 Å².